The highest BCUT2D eigenvalue weighted by molar-refractivity contribution is 5.92. The first-order valence-electron chi connectivity index (χ1n) is 4.28. The van der Waals surface area contributed by atoms with E-state index in [0.29, 0.717) is 0 Å². The minimum atomic E-state index is -1.18. The highest BCUT2D eigenvalue weighted by Crippen LogP contribution is 1.89. The Kier molecular flexibility index (Phi) is 6.03. The minimum absolute atomic E-state index is 0.144. The monoisotopic (exact) mass is 219 g/mol. The van der Waals surface area contributed by atoms with Crippen molar-refractivity contribution >= 4 is 18.0 Å². The summed E-state index contributed by atoms with van der Waals surface area (Å²) in [5, 5.41) is 10.3. The van der Waals surface area contributed by atoms with Crippen molar-refractivity contribution in [1.29, 1.82) is 0 Å². The Morgan fingerprint density at radius 3 is 2.47 bits per heavy atom. The van der Waals surface area contributed by atoms with Crippen molar-refractivity contribution < 1.29 is 29.0 Å². The third-order valence-corrected chi connectivity index (χ3v) is 1.33. The van der Waals surface area contributed by atoms with Crippen LogP contribution in [0.25, 0.3) is 0 Å². The molecule has 0 unspecified atom stereocenters. The van der Waals surface area contributed by atoms with Crippen LogP contribution in [0.15, 0.2) is 0 Å². The van der Waals surface area contributed by atoms with Gasteiger partial charge in [0.15, 0.2) is 6.10 Å². The summed E-state index contributed by atoms with van der Waals surface area (Å²) in [5.41, 5.74) is 0. The molecule has 0 aromatic rings. The number of carbonyl (C=O) groups excluding carboxylic acids is 2. The number of carboxylic acid groups (broad SMARTS) is 1. The Labute approximate surface area is 86.3 Å². The van der Waals surface area contributed by atoms with Gasteiger partial charge in [0.05, 0.1) is 6.61 Å². The van der Waals surface area contributed by atoms with E-state index < -0.39 is 30.7 Å². The summed E-state index contributed by atoms with van der Waals surface area (Å²) in [6, 6.07) is 0. The second kappa shape index (κ2) is 6.77. The first-order valence-corrected chi connectivity index (χ1v) is 4.28. The molecule has 2 N–H and O–H groups in total. The van der Waals surface area contributed by atoms with Gasteiger partial charge < -0.3 is 14.6 Å². The number of nitrogens with one attached hydrogen (secondary N) is 1. The van der Waals surface area contributed by atoms with Gasteiger partial charge in [0.25, 0.3) is 5.91 Å². The van der Waals surface area contributed by atoms with E-state index in [2.05, 4.69) is 9.47 Å². The normalized spacial score (nSPS) is 11.6. The Hall–Kier alpha value is -1.63. The average Bonchev–Trinajstić information content (AvgIpc) is 2.14. The molecule has 2 amide bonds. The van der Waals surface area contributed by atoms with Gasteiger partial charge in [-0.05, 0) is 13.8 Å². The van der Waals surface area contributed by atoms with Crippen molar-refractivity contribution in [2.75, 3.05) is 13.2 Å². The number of hydrogen-bond acceptors (Lipinski definition) is 5. The number of hydrogen-bond donors (Lipinski definition) is 2. The predicted molar refractivity (Wildman–Crippen MR) is 48.2 cm³/mol. The Morgan fingerprint density at radius 2 is 2.00 bits per heavy atom. The third kappa shape index (κ3) is 6.44. The molecule has 0 spiro atoms. The smallest absolute Gasteiger partial charge is 0.413 e. The first kappa shape index (κ1) is 13.4. The molecule has 0 aliphatic rings. The SMILES string of the molecule is CCOC(=O)NC(=O)CO[C@H](C)C(=O)O. The van der Waals surface area contributed by atoms with Crippen molar-refractivity contribution in [2.24, 2.45) is 0 Å². The zero-order valence-corrected chi connectivity index (χ0v) is 8.48. The molecule has 15 heavy (non-hydrogen) atoms. The van der Waals surface area contributed by atoms with Crippen LogP contribution in [0.5, 0.6) is 0 Å². The van der Waals surface area contributed by atoms with E-state index in [1.54, 1.807) is 6.92 Å². The van der Waals surface area contributed by atoms with Crippen LogP contribution in [0.1, 0.15) is 13.8 Å². The fraction of sp³-hybridized carbons (Fsp3) is 0.625. The van der Waals surface area contributed by atoms with E-state index in [-0.39, 0.29) is 6.61 Å². The molecule has 0 aliphatic heterocycles. The standard InChI is InChI=1S/C8H13NO6/c1-3-14-8(13)9-6(10)4-15-5(2)7(11)12/h5H,3-4H2,1-2H3,(H,11,12)(H,9,10,13)/t5-/m1/s1. The van der Waals surface area contributed by atoms with Crippen molar-refractivity contribution in [3.8, 4) is 0 Å². The van der Waals surface area contributed by atoms with Crippen molar-refractivity contribution in [3.05, 3.63) is 0 Å². The quantitative estimate of drug-likeness (QED) is 0.661. The lowest BCUT2D eigenvalue weighted by atomic mass is 10.4. The molecule has 0 bridgehead atoms. The molecular formula is C8H13NO6. The lowest BCUT2D eigenvalue weighted by Crippen LogP contribution is -2.35. The van der Waals surface area contributed by atoms with Crippen molar-refractivity contribution in [1.82, 2.24) is 5.32 Å². The summed E-state index contributed by atoms with van der Waals surface area (Å²) in [6.07, 6.45) is -1.98. The summed E-state index contributed by atoms with van der Waals surface area (Å²) < 4.78 is 9.05. The molecular weight excluding hydrogens is 206 g/mol. The maximum absolute atomic E-state index is 10.9. The van der Waals surface area contributed by atoms with Gasteiger partial charge in [0.1, 0.15) is 6.61 Å². The number of carbonyl (C=O) groups is 3. The number of imide groups is 1. The summed E-state index contributed by atoms with van der Waals surface area (Å²) >= 11 is 0. The van der Waals surface area contributed by atoms with Gasteiger partial charge in [-0.1, -0.05) is 0 Å². The number of amides is 2. The topological polar surface area (TPSA) is 102 Å². The molecule has 0 rings (SSSR count). The zero-order chi connectivity index (χ0) is 11.8. The fourth-order valence-electron chi connectivity index (χ4n) is 0.589. The predicted octanol–water partition coefficient (Wildman–Crippen LogP) is -0.251. The highest BCUT2D eigenvalue weighted by Gasteiger charge is 2.14. The first-order chi connectivity index (χ1) is 6.97. The number of carboxylic acids is 1. The molecule has 86 valence electrons. The van der Waals surface area contributed by atoms with Crippen molar-refractivity contribution in [3.63, 3.8) is 0 Å². The van der Waals surface area contributed by atoms with Gasteiger partial charge in [-0.3, -0.25) is 10.1 Å². The van der Waals surface area contributed by atoms with Crippen LogP contribution in [0.4, 0.5) is 4.79 Å². The molecule has 7 heteroatoms. The summed E-state index contributed by atoms with van der Waals surface area (Å²) in [4.78, 5) is 31.9. The highest BCUT2D eigenvalue weighted by atomic mass is 16.6. The lowest BCUT2D eigenvalue weighted by molar-refractivity contribution is -0.150. The Balaban J connectivity index is 3.75. The summed E-state index contributed by atoms with van der Waals surface area (Å²) in [7, 11) is 0. The van der Waals surface area contributed by atoms with Crippen LogP contribution in [0, 0.1) is 0 Å². The average molecular weight is 219 g/mol. The van der Waals surface area contributed by atoms with Crippen LogP contribution in [0.3, 0.4) is 0 Å². The number of aliphatic carboxylic acids is 1. The molecule has 1 atom stereocenters. The van der Waals surface area contributed by atoms with Crippen LogP contribution in [0.2, 0.25) is 0 Å². The second-order valence-corrected chi connectivity index (χ2v) is 2.56. The number of rotatable bonds is 5. The Morgan fingerprint density at radius 1 is 1.40 bits per heavy atom. The maximum Gasteiger partial charge on any atom is 0.413 e. The molecule has 0 radical (unpaired) electrons. The maximum atomic E-state index is 10.9. The Bertz CT molecular complexity index is 252. The summed E-state index contributed by atoms with van der Waals surface area (Å²) in [5.74, 6) is -1.93. The van der Waals surface area contributed by atoms with Crippen LogP contribution in [-0.2, 0) is 19.1 Å². The second-order valence-electron chi connectivity index (χ2n) is 2.56. The summed E-state index contributed by atoms with van der Waals surface area (Å²) in [6.45, 7) is 2.50. The van der Waals surface area contributed by atoms with Crippen LogP contribution < -0.4 is 5.32 Å². The number of alkyl carbamates (subject to hydrolysis) is 1. The van der Waals surface area contributed by atoms with E-state index in [0.717, 1.165) is 0 Å². The van der Waals surface area contributed by atoms with Crippen molar-refractivity contribution in [2.45, 2.75) is 20.0 Å². The molecule has 0 saturated heterocycles. The van der Waals surface area contributed by atoms with Crippen LogP contribution in [-0.4, -0.2) is 42.4 Å². The molecule has 0 aromatic heterocycles. The van der Waals surface area contributed by atoms with Gasteiger partial charge >= 0.3 is 12.1 Å². The molecule has 0 heterocycles. The zero-order valence-electron chi connectivity index (χ0n) is 8.48. The molecule has 0 saturated carbocycles. The number of ether oxygens (including phenoxy) is 2. The minimum Gasteiger partial charge on any atom is -0.479 e. The van der Waals surface area contributed by atoms with E-state index in [9.17, 15) is 14.4 Å². The molecule has 7 nitrogen and oxygen atoms in total. The van der Waals surface area contributed by atoms with E-state index in [1.165, 1.54) is 6.92 Å². The van der Waals surface area contributed by atoms with E-state index >= 15 is 0 Å². The van der Waals surface area contributed by atoms with Gasteiger partial charge in [0.2, 0.25) is 0 Å². The third-order valence-electron chi connectivity index (χ3n) is 1.33. The van der Waals surface area contributed by atoms with Gasteiger partial charge in [-0.25, -0.2) is 9.59 Å². The molecule has 0 aliphatic carbocycles. The van der Waals surface area contributed by atoms with Gasteiger partial charge in [-0.15, -0.1) is 0 Å². The largest absolute Gasteiger partial charge is 0.479 e. The van der Waals surface area contributed by atoms with E-state index in [1.807, 2.05) is 5.32 Å². The molecule has 0 aromatic carbocycles. The van der Waals surface area contributed by atoms with Crippen LogP contribution >= 0.6 is 0 Å². The lowest BCUT2D eigenvalue weighted by Gasteiger charge is -2.07. The fourth-order valence-corrected chi connectivity index (χ4v) is 0.589. The van der Waals surface area contributed by atoms with Gasteiger partial charge in [-0.2, -0.15) is 0 Å². The van der Waals surface area contributed by atoms with Gasteiger partial charge in [0, 0.05) is 0 Å². The molecule has 0 fully saturated rings. The van der Waals surface area contributed by atoms with E-state index in [4.69, 9.17) is 5.11 Å².